The van der Waals surface area contributed by atoms with Crippen molar-refractivity contribution in [2.45, 2.75) is 56.8 Å². The van der Waals surface area contributed by atoms with Crippen molar-refractivity contribution in [3.8, 4) is 5.75 Å². The molecule has 0 radical (unpaired) electrons. The minimum absolute atomic E-state index is 0.0600. The Hall–Kier alpha value is -2.33. The second-order valence-corrected chi connectivity index (χ2v) is 8.00. The van der Waals surface area contributed by atoms with E-state index in [1.807, 2.05) is 47.4 Å². The number of nitrogens with zero attached hydrogens (tertiary/aromatic N) is 2. The zero-order chi connectivity index (χ0) is 18.2. The van der Waals surface area contributed by atoms with Crippen molar-refractivity contribution in [3.05, 3.63) is 60.2 Å². The highest BCUT2D eigenvalue weighted by Crippen LogP contribution is 2.39. The van der Waals surface area contributed by atoms with E-state index in [1.54, 1.807) is 0 Å². The summed E-state index contributed by atoms with van der Waals surface area (Å²) in [7, 11) is 0. The fourth-order valence-corrected chi connectivity index (χ4v) is 4.98. The Bertz CT molecular complexity index is 816. The summed E-state index contributed by atoms with van der Waals surface area (Å²) >= 11 is 0. The zero-order valence-electron chi connectivity index (χ0n) is 15.6. The first-order valence-electron chi connectivity index (χ1n) is 10.2. The van der Waals surface area contributed by atoms with Crippen LogP contribution in [0.4, 0.5) is 5.69 Å². The molecule has 2 fully saturated rings. The highest BCUT2D eigenvalue weighted by molar-refractivity contribution is 5.99. The average Bonchev–Trinajstić information content (AvgIpc) is 3.36. The Labute approximate surface area is 160 Å². The van der Waals surface area contributed by atoms with Crippen molar-refractivity contribution in [2.75, 3.05) is 11.4 Å². The maximum absolute atomic E-state index is 13.7. The molecule has 2 heterocycles. The van der Waals surface area contributed by atoms with Crippen LogP contribution < -0.4 is 9.64 Å². The maximum atomic E-state index is 13.7. The minimum Gasteiger partial charge on any atom is -0.487 e. The molecule has 0 spiro atoms. The third-order valence-electron chi connectivity index (χ3n) is 6.28. The number of carbonyl (C=O) groups excluding carboxylic acids is 1. The van der Waals surface area contributed by atoms with Crippen LogP contribution in [0.1, 0.15) is 37.7 Å². The van der Waals surface area contributed by atoms with Gasteiger partial charge in [0.1, 0.15) is 11.9 Å². The van der Waals surface area contributed by atoms with E-state index in [4.69, 9.17) is 4.74 Å². The summed E-state index contributed by atoms with van der Waals surface area (Å²) in [4.78, 5) is 18.1. The third-order valence-corrected chi connectivity index (χ3v) is 6.28. The summed E-state index contributed by atoms with van der Waals surface area (Å²) in [6, 6.07) is 18.7. The fraction of sp³-hybridized carbons (Fsp3) is 0.435. The number of likely N-dealkylation sites (tertiary alicyclic amines) is 1. The number of benzene rings is 2. The summed E-state index contributed by atoms with van der Waals surface area (Å²) < 4.78 is 6.40. The highest BCUT2D eigenvalue weighted by Gasteiger charge is 2.45. The van der Waals surface area contributed by atoms with Gasteiger partial charge >= 0.3 is 0 Å². The first-order valence-corrected chi connectivity index (χ1v) is 10.2. The summed E-state index contributed by atoms with van der Waals surface area (Å²) in [5, 5.41) is 0. The van der Waals surface area contributed by atoms with Gasteiger partial charge < -0.3 is 9.64 Å². The second kappa shape index (κ2) is 7.01. The van der Waals surface area contributed by atoms with Crippen LogP contribution in [0.15, 0.2) is 54.6 Å². The van der Waals surface area contributed by atoms with Gasteiger partial charge in [0.2, 0.25) is 5.91 Å². The molecule has 0 unspecified atom stereocenters. The number of para-hydroxylation sites is 2. The molecule has 3 aliphatic rings. The number of amides is 1. The summed E-state index contributed by atoms with van der Waals surface area (Å²) in [5.74, 6) is 1.06. The van der Waals surface area contributed by atoms with Crippen LogP contribution in [0, 0.1) is 0 Å². The molecule has 1 saturated carbocycles. The largest absolute Gasteiger partial charge is 0.487 e. The van der Waals surface area contributed by atoms with Gasteiger partial charge in [-0.2, -0.15) is 0 Å². The number of anilines is 1. The van der Waals surface area contributed by atoms with E-state index in [-0.39, 0.29) is 18.1 Å². The predicted octanol–water partition coefficient (Wildman–Crippen LogP) is 4.00. The number of ether oxygens (including phenoxy) is 1. The Kier molecular flexibility index (Phi) is 4.36. The van der Waals surface area contributed by atoms with Crippen LogP contribution in [0.5, 0.6) is 5.75 Å². The molecule has 5 rings (SSSR count). The highest BCUT2D eigenvalue weighted by atomic mass is 16.5. The molecular weight excluding hydrogens is 336 g/mol. The number of carbonyl (C=O) groups is 1. The average molecular weight is 362 g/mol. The Morgan fingerprint density at radius 3 is 2.52 bits per heavy atom. The molecule has 2 aliphatic heterocycles. The molecule has 2 aromatic rings. The monoisotopic (exact) mass is 362 g/mol. The van der Waals surface area contributed by atoms with E-state index in [1.165, 1.54) is 25.7 Å². The molecule has 27 heavy (non-hydrogen) atoms. The van der Waals surface area contributed by atoms with E-state index in [0.717, 1.165) is 30.0 Å². The van der Waals surface area contributed by atoms with E-state index < -0.39 is 0 Å². The lowest BCUT2D eigenvalue weighted by Crippen LogP contribution is -2.48. The van der Waals surface area contributed by atoms with Gasteiger partial charge in [-0.3, -0.25) is 9.69 Å². The molecule has 2 atom stereocenters. The minimum atomic E-state index is -0.0600. The Balaban J connectivity index is 1.52. The topological polar surface area (TPSA) is 32.8 Å². The lowest BCUT2D eigenvalue weighted by molar-refractivity contribution is -0.123. The molecule has 4 heteroatoms. The molecule has 0 N–H and O–H groups in total. The van der Waals surface area contributed by atoms with Gasteiger partial charge in [0.15, 0.2) is 0 Å². The molecule has 2 bridgehead atoms. The van der Waals surface area contributed by atoms with Gasteiger partial charge in [-0.1, -0.05) is 55.3 Å². The predicted molar refractivity (Wildman–Crippen MR) is 106 cm³/mol. The maximum Gasteiger partial charge on any atom is 0.244 e. The first-order chi connectivity index (χ1) is 13.3. The van der Waals surface area contributed by atoms with E-state index in [9.17, 15) is 4.79 Å². The molecule has 140 valence electrons. The van der Waals surface area contributed by atoms with Crippen molar-refractivity contribution in [3.63, 3.8) is 0 Å². The molecule has 2 aromatic carbocycles. The molecule has 1 saturated heterocycles. The van der Waals surface area contributed by atoms with Gasteiger partial charge in [-0.15, -0.1) is 0 Å². The van der Waals surface area contributed by atoms with E-state index in [0.29, 0.717) is 12.6 Å². The zero-order valence-corrected chi connectivity index (χ0v) is 15.6. The van der Waals surface area contributed by atoms with E-state index >= 15 is 0 Å². The van der Waals surface area contributed by atoms with Crippen LogP contribution in [0.25, 0.3) is 0 Å². The van der Waals surface area contributed by atoms with Gasteiger partial charge in [0.05, 0.1) is 18.3 Å². The van der Waals surface area contributed by atoms with Gasteiger partial charge in [-0.25, -0.2) is 0 Å². The summed E-state index contributed by atoms with van der Waals surface area (Å²) in [6.45, 7) is 1.45. The second-order valence-electron chi connectivity index (χ2n) is 8.00. The van der Waals surface area contributed by atoms with Crippen molar-refractivity contribution in [2.24, 2.45) is 0 Å². The SMILES string of the molecule is O=C1[C@@H]2C[C@@H](CN2C2CCCC2)Oc2ccccc2N1Cc1ccccc1. The van der Waals surface area contributed by atoms with Crippen LogP contribution in [0.3, 0.4) is 0 Å². The van der Waals surface area contributed by atoms with Crippen LogP contribution in [-0.4, -0.2) is 35.5 Å². The molecule has 0 aromatic heterocycles. The fourth-order valence-electron chi connectivity index (χ4n) is 4.98. The normalized spacial score (nSPS) is 25.8. The number of fused-ring (bicyclic) bond motifs is 3. The Morgan fingerprint density at radius 2 is 1.70 bits per heavy atom. The quantitative estimate of drug-likeness (QED) is 0.827. The first kappa shape index (κ1) is 16.8. The van der Waals surface area contributed by atoms with Crippen molar-refractivity contribution < 1.29 is 9.53 Å². The Morgan fingerprint density at radius 1 is 0.963 bits per heavy atom. The number of hydrogen-bond acceptors (Lipinski definition) is 3. The molecule has 1 aliphatic carbocycles. The van der Waals surface area contributed by atoms with Crippen molar-refractivity contribution >= 4 is 11.6 Å². The molecule has 1 amide bonds. The van der Waals surface area contributed by atoms with Gasteiger partial charge in [0.25, 0.3) is 0 Å². The van der Waals surface area contributed by atoms with Crippen LogP contribution in [-0.2, 0) is 11.3 Å². The van der Waals surface area contributed by atoms with Crippen molar-refractivity contribution in [1.29, 1.82) is 0 Å². The molecular formula is C23H26N2O2. The molecule has 4 nitrogen and oxygen atoms in total. The van der Waals surface area contributed by atoms with E-state index in [2.05, 4.69) is 17.0 Å². The smallest absolute Gasteiger partial charge is 0.244 e. The lowest BCUT2D eigenvalue weighted by atomic mass is 10.1. The number of hydrogen-bond donors (Lipinski definition) is 0. The lowest BCUT2D eigenvalue weighted by Gasteiger charge is -2.34. The van der Waals surface area contributed by atoms with Crippen LogP contribution >= 0.6 is 0 Å². The number of rotatable bonds is 3. The van der Waals surface area contributed by atoms with Crippen molar-refractivity contribution in [1.82, 2.24) is 4.90 Å². The van der Waals surface area contributed by atoms with Gasteiger partial charge in [0, 0.05) is 19.0 Å². The van der Waals surface area contributed by atoms with Crippen LogP contribution in [0.2, 0.25) is 0 Å². The van der Waals surface area contributed by atoms with Gasteiger partial charge in [-0.05, 0) is 30.5 Å². The summed E-state index contributed by atoms with van der Waals surface area (Å²) in [6.07, 6.45) is 5.89. The summed E-state index contributed by atoms with van der Waals surface area (Å²) in [5.41, 5.74) is 2.04. The third kappa shape index (κ3) is 3.12. The standard InChI is InChI=1S/C23H26N2O2/c26-23-21-14-19(16-24(21)18-10-4-5-11-18)27-22-13-7-6-12-20(22)25(23)15-17-8-2-1-3-9-17/h1-3,6-9,12-13,18-19,21H,4-5,10-11,14-16H2/t19-,21-/m0/s1.